The van der Waals surface area contributed by atoms with Crippen molar-refractivity contribution in [2.75, 3.05) is 7.11 Å². The lowest BCUT2D eigenvalue weighted by molar-refractivity contribution is 0.0742. The van der Waals surface area contributed by atoms with E-state index in [1.165, 1.54) is 5.01 Å². The Labute approximate surface area is 245 Å². The Morgan fingerprint density at radius 3 is 2.37 bits per heavy atom. The van der Waals surface area contributed by atoms with Crippen LogP contribution >= 0.6 is 15.9 Å². The molecule has 0 saturated heterocycles. The number of methoxy groups -OCH3 is 1. The Morgan fingerprint density at radius 1 is 0.951 bits per heavy atom. The molecular weight excluding hydrogens is 578 g/mol. The molecule has 0 fully saturated rings. The molecule has 4 aromatic carbocycles. The van der Waals surface area contributed by atoms with Crippen LogP contribution in [0.5, 0.6) is 5.75 Å². The molecule has 202 valence electrons. The monoisotopic (exact) mass is 603 g/mol. The first-order valence-electron chi connectivity index (χ1n) is 13.2. The van der Waals surface area contributed by atoms with Crippen LogP contribution in [0.3, 0.4) is 0 Å². The number of nitrogens with one attached hydrogen (secondary N) is 1. The normalized spacial score (nSPS) is 14.9. The first kappa shape index (κ1) is 26.5. The number of amides is 1. The minimum atomic E-state index is -0.388. The number of nitrogens with zero attached hydrogens (tertiary/aromatic N) is 2. The van der Waals surface area contributed by atoms with E-state index >= 15 is 0 Å². The average molecular weight is 605 g/mol. The number of carbonyl (C=O) groups is 1. The summed E-state index contributed by atoms with van der Waals surface area (Å²) in [5.41, 5.74) is 4.67. The molecule has 0 spiro atoms. The third-order valence-electron chi connectivity index (χ3n) is 7.13. The number of pyridine rings is 1. The highest BCUT2D eigenvalue weighted by Gasteiger charge is 2.33. The molecule has 6 rings (SSSR count). The van der Waals surface area contributed by atoms with Gasteiger partial charge in [-0.3, -0.25) is 9.59 Å². The van der Waals surface area contributed by atoms with Gasteiger partial charge >= 0.3 is 0 Å². The van der Waals surface area contributed by atoms with Crippen LogP contribution in [-0.4, -0.2) is 34.8 Å². The molecule has 1 aliphatic rings. The second-order valence-electron chi connectivity index (χ2n) is 9.73. The molecule has 0 bridgehead atoms. The minimum absolute atomic E-state index is 0.248. The topological polar surface area (TPSA) is 74.8 Å². The number of benzene rings is 4. The largest absolute Gasteiger partial charge is 0.497 e. The molecule has 6 nitrogen and oxygen atoms in total. The summed E-state index contributed by atoms with van der Waals surface area (Å²) in [7, 11) is 1.59. The van der Waals surface area contributed by atoms with Gasteiger partial charge < -0.3 is 9.72 Å². The van der Waals surface area contributed by atoms with E-state index in [0.29, 0.717) is 29.0 Å². The molecule has 5 aromatic rings. The maximum Gasteiger partial charge on any atom is 0.274 e. The summed E-state index contributed by atoms with van der Waals surface area (Å²) in [4.78, 5) is 30.6. The lowest BCUT2D eigenvalue weighted by Gasteiger charge is -2.19. The Balaban J connectivity index is 1.50. The van der Waals surface area contributed by atoms with Gasteiger partial charge in [-0.2, -0.15) is 5.10 Å². The molecule has 0 radical (unpaired) electrons. The third-order valence-corrected chi connectivity index (χ3v) is 7.62. The van der Waals surface area contributed by atoms with Gasteiger partial charge in [-0.05, 0) is 53.6 Å². The highest BCUT2D eigenvalue weighted by Crippen LogP contribution is 2.34. The van der Waals surface area contributed by atoms with Crippen LogP contribution in [-0.2, 0) is 0 Å². The van der Waals surface area contributed by atoms with Gasteiger partial charge in [0, 0.05) is 32.9 Å². The Bertz CT molecular complexity index is 1850. The van der Waals surface area contributed by atoms with Crippen molar-refractivity contribution in [3.8, 4) is 16.9 Å². The van der Waals surface area contributed by atoms with E-state index in [-0.39, 0.29) is 17.5 Å². The van der Waals surface area contributed by atoms with Crippen molar-refractivity contribution in [1.29, 1.82) is 0 Å². The van der Waals surface area contributed by atoms with Crippen molar-refractivity contribution in [2.24, 2.45) is 5.10 Å². The van der Waals surface area contributed by atoms with Crippen LogP contribution in [0.4, 0.5) is 0 Å². The predicted octanol–water partition coefficient (Wildman–Crippen LogP) is 7.30. The average Bonchev–Trinajstić information content (AvgIpc) is 3.44. The summed E-state index contributed by atoms with van der Waals surface area (Å²) >= 11 is 3.59. The number of hydrogen-bond acceptors (Lipinski definition) is 4. The summed E-state index contributed by atoms with van der Waals surface area (Å²) in [5, 5.41) is 7.20. The van der Waals surface area contributed by atoms with Gasteiger partial charge in [0.25, 0.3) is 11.5 Å². The maximum atomic E-state index is 13.8. The zero-order valence-corrected chi connectivity index (χ0v) is 23.8. The van der Waals surface area contributed by atoms with Crippen LogP contribution in [0.2, 0.25) is 0 Å². The molecule has 1 aromatic heterocycles. The summed E-state index contributed by atoms with van der Waals surface area (Å²) in [6, 6.07) is 32.1. The van der Waals surface area contributed by atoms with Crippen molar-refractivity contribution in [3.63, 3.8) is 0 Å². The molecule has 0 aliphatic carbocycles. The van der Waals surface area contributed by atoms with E-state index in [9.17, 15) is 9.59 Å². The lowest BCUT2D eigenvalue weighted by atomic mass is 9.92. The number of rotatable bonds is 6. The van der Waals surface area contributed by atoms with Gasteiger partial charge in [0.15, 0.2) is 0 Å². The van der Waals surface area contributed by atoms with Gasteiger partial charge in [0.1, 0.15) is 5.75 Å². The first-order chi connectivity index (χ1) is 20.0. The molecule has 0 unspecified atom stereocenters. The quantitative estimate of drug-likeness (QED) is 0.221. The smallest absolute Gasteiger partial charge is 0.274 e. The second kappa shape index (κ2) is 11.4. The number of hydrazone groups is 1. The van der Waals surface area contributed by atoms with Crippen LogP contribution in [0, 0.1) is 0 Å². The van der Waals surface area contributed by atoms with Crippen LogP contribution in [0.25, 0.3) is 28.1 Å². The van der Waals surface area contributed by atoms with Gasteiger partial charge in [-0.25, -0.2) is 5.01 Å². The van der Waals surface area contributed by atoms with E-state index in [1.807, 2.05) is 91.0 Å². The SMILES string of the molecule is COc1ccc(C(=O)N2N=C(c3c(-c4ccccc4)c4cc(Br)ccc4[nH]c3=O)C[C@@H]2/C=C/c2ccccc2)cc1. The molecule has 2 heterocycles. The number of halogens is 1. The van der Waals surface area contributed by atoms with Gasteiger partial charge in [0.2, 0.25) is 0 Å². The summed E-state index contributed by atoms with van der Waals surface area (Å²) < 4.78 is 6.16. The second-order valence-corrected chi connectivity index (χ2v) is 10.6. The van der Waals surface area contributed by atoms with Crippen molar-refractivity contribution in [1.82, 2.24) is 9.99 Å². The summed E-state index contributed by atoms with van der Waals surface area (Å²) in [5.74, 6) is 0.403. The summed E-state index contributed by atoms with van der Waals surface area (Å²) in [6.07, 6.45) is 4.34. The van der Waals surface area contributed by atoms with Crippen molar-refractivity contribution < 1.29 is 9.53 Å². The third kappa shape index (κ3) is 5.36. The first-order valence-corrected chi connectivity index (χ1v) is 14.0. The fourth-order valence-electron chi connectivity index (χ4n) is 5.12. The number of hydrogen-bond donors (Lipinski definition) is 1. The molecule has 7 heteroatoms. The van der Waals surface area contributed by atoms with E-state index in [0.717, 1.165) is 32.1 Å². The standard InChI is InChI=1S/C34H26BrN3O3/c1-41-27-17-13-24(14-18-27)34(40)38-26(16-12-22-8-4-2-5-9-22)21-30(37-38)32-31(23-10-6-3-7-11-23)28-20-25(35)15-19-29(28)36-33(32)39/h2-20,26H,21H2,1H3,(H,36,39)/b16-12+/t26-/m0/s1. The van der Waals surface area contributed by atoms with E-state index in [2.05, 4.69) is 20.9 Å². The molecule has 0 saturated carbocycles. The Morgan fingerprint density at radius 2 is 1.66 bits per heavy atom. The van der Waals surface area contributed by atoms with Crippen LogP contribution in [0.1, 0.15) is 27.9 Å². The lowest BCUT2D eigenvalue weighted by Crippen LogP contribution is -2.31. The molecule has 41 heavy (non-hydrogen) atoms. The van der Waals surface area contributed by atoms with Gasteiger partial charge in [-0.1, -0.05) is 88.7 Å². The highest BCUT2D eigenvalue weighted by molar-refractivity contribution is 9.10. The number of carbonyl (C=O) groups excluding carboxylic acids is 1. The number of aromatic amines is 1. The van der Waals surface area contributed by atoms with Crippen LogP contribution < -0.4 is 10.3 Å². The number of aromatic nitrogens is 1. The van der Waals surface area contributed by atoms with E-state index in [4.69, 9.17) is 9.84 Å². The fourth-order valence-corrected chi connectivity index (χ4v) is 5.49. The van der Waals surface area contributed by atoms with Gasteiger partial charge in [-0.15, -0.1) is 0 Å². The summed E-state index contributed by atoms with van der Waals surface area (Å²) in [6.45, 7) is 0. The molecule has 1 aliphatic heterocycles. The zero-order valence-electron chi connectivity index (χ0n) is 22.3. The highest BCUT2D eigenvalue weighted by atomic mass is 79.9. The molecule has 1 atom stereocenters. The van der Waals surface area contributed by atoms with Crippen molar-refractivity contribution in [3.05, 3.63) is 141 Å². The van der Waals surface area contributed by atoms with Crippen LogP contribution in [0.15, 0.2) is 124 Å². The number of H-pyrrole nitrogens is 1. The maximum absolute atomic E-state index is 13.8. The van der Waals surface area contributed by atoms with Crippen molar-refractivity contribution in [2.45, 2.75) is 12.5 Å². The van der Waals surface area contributed by atoms with Crippen molar-refractivity contribution >= 4 is 44.5 Å². The number of fused-ring (bicyclic) bond motifs is 1. The molecule has 1 amide bonds. The minimum Gasteiger partial charge on any atom is -0.497 e. The number of ether oxygens (including phenoxy) is 1. The zero-order chi connectivity index (χ0) is 28.3. The predicted molar refractivity (Wildman–Crippen MR) is 167 cm³/mol. The fraction of sp³-hybridized carbons (Fsp3) is 0.0882. The molecular formula is C34H26BrN3O3. The van der Waals surface area contributed by atoms with E-state index < -0.39 is 0 Å². The molecule has 1 N–H and O–H groups in total. The van der Waals surface area contributed by atoms with Gasteiger partial charge in [0.05, 0.1) is 24.4 Å². The Hall–Kier alpha value is -4.75. The van der Waals surface area contributed by atoms with E-state index in [1.54, 1.807) is 31.4 Å². The Kier molecular flexibility index (Phi) is 7.35.